The summed E-state index contributed by atoms with van der Waals surface area (Å²) in [6.07, 6.45) is -0.627. The second-order valence-electron chi connectivity index (χ2n) is 6.52. The van der Waals surface area contributed by atoms with Gasteiger partial charge in [-0.2, -0.15) is 4.31 Å². The van der Waals surface area contributed by atoms with Gasteiger partial charge in [0.1, 0.15) is 5.75 Å². The van der Waals surface area contributed by atoms with Crippen molar-refractivity contribution in [3.8, 4) is 5.75 Å². The molecule has 0 unspecified atom stereocenters. The van der Waals surface area contributed by atoms with Crippen LogP contribution in [0.1, 0.15) is 6.92 Å². The number of benzene rings is 1. The molecule has 2 heterocycles. The largest absolute Gasteiger partial charge is 0.479 e. The molecular formula is C17H24N4O6S. The number of hydrogen-bond acceptors (Lipinski definition) is 6. The standard InChI is InChI=1S/C17H24N4O6S/c1-12-16(22)19-14-11-13(3-4-15(14)27-12)28(24,25)21-8-6-20(7-9-21)17(23)18-5-10-26-2/h3-4,11-12H,5-10H2,1-2H3,(H,18,23)(H,19,22)/t12-/m1/s1. The van der Waals surface area contributed by atoms with E-state index in [9.17, 15) is 18.0 Å². The summed E-state index contributed by atoms with van der Waals surface area (Å²) in [6.45, 7) is 3.40. The molecule has 154 valence electrons. The van der Waals surface area contributed by atoms with Gasteiger partial charge < -0.3 is 25.0 Å². The van der Waals surface area contributed by atoms with Crippen molar-refractivity contribution in [2.75, 3.05) is 51.8 Å². The van der Waals surface area contributed by atoms with Crippen molar-refractivity contribution in [3.05, 3.63) is 18.2 Å². The third-order valence-corrected chi connectivity index (χ3v) is 6.52. The Morgan fingerprint density at radius 2 is 2.04 bits per heavy atom. The molecule has 1 saturated heterocycles. The molecule has 1 aromatic rings. The molecule has 2 aliphatic rings. The molecular weight excluding hydrogens is 388 g/mol. The van der Waals surface area contributed by atoms with E-state index in [1.165, 1.54) is 22.5 Å². The lowest BCUT2D eigenvalue weighted by Gasteiger charge is -2.34. The third-order valence-electron chi connectivity index (χ3n) is 4.63. The minimum Gasteiger partial charge on any atom is -0.479 e. The average Bonchev–Trinajstić information content (AvgIpc) is 2.68. The summed E-state index contributed by atoms with van der Waals surface area (Å²) in [6, 6.07) is 4.16. The zero-order valence-electron chi connectivity index (χ0n) is 15.8. The van der Waals surface area contributed by atoms with Crippen molar-refractivity contribution in [1.29, 1.82) is 0 Å². The minimum absolute atomic E-state index is 0.0719. The van der Waals surface area contributed by atoms with Crippen LogP contribution in [-0.4, -0.2) is 82.1 Å². The van der Waals surface area contributed by atoms with Crippen LogP contribution in [0.4, 0.5) is 10.5 Å². The van der Waals surface area contributed by atoms with Crippen molar-refractivity contribution in [3.63, 3.8) is 0 Å². The highest BCUT2D eigenvalue weighted by Crippen LogP contribution is 2.32. The second-order valence-corrected chi connectivity index (χ2v) is 8.46. The van der Waals surface area contributed by atoms with Crippen LogP contribution >= 0.6 is 0 Å². The fourth-order valence-corrected chi connectivity index (χ4v) is 4.45. The highest BCUT2D eigenvalue weighted by atomic mass is 32.2. The van der Waals surface area contributed by atoms with Gasteiger partial charge in [0.15, 0.2) is 6.10 Å². The minimum atomic E-state index is -3.75. The molecule has 28 heavy (non-hydrogen) atoms. The monoisotopic (exact) mass is 412 g/mol. The smallest absolute Gasteiger partial charge is 0.317 e. The number of ether oxygens (including phenoxy) is 2. The Morgan fingerprint density at radius 1 is 1.32 bits per heavy atom. The Balaban J connectivity index is 1.65. The number of methoxy groups -OCH3 is 1. The average molecular weight is 412 g/mol. The first kappa shape index (κ1) is 20.4. The van der Waals surface area contributed by atoms with Crippen LogP contribution in [0, 0.1) is 0 Å². The van der Waals surface area contributed by atoms with Gasteiger partial charge in [0.25, 0.3) is 5.91 Å². The summed E-state index contributed by atoms with van der Waals surface area (Å²) in [5.74, 6) is 0.110. The van der Waals surface area contributed by atoms with Crippen molar-refractivity contribution < 1.29 is 27.5 Å². The van der Waals surface area contributed by atoms with E-state index < -0.39 is 16.1 Å². The topological polar surface area (TPSA) is 117 Å². The first-order chi connectivity index (χ1) is 13.3. The summed E-state index contributed by atoms with van der Waals surface area (Å²) in [4.78, 5) is 25.5. The van der Waals surface area contributed by atoms with Gasteiger partial charge in [-0.1, -0.05) is 0 Å². The molecule has 0 aromatic heterocycles. The summed E-state index contributed by atoms with van der Waals surface area (Å²) >= 11 is 0. The quantitative estimate of drug-likeness (QED) is 0.661. The normalized spacial score (nSPS) is 20.1. The number of piperazine rings is 1. The molecule has 1 fully saturated rings. The lowest BCUT2D eigenvalue weighted by molar-refractivity contribution is -0.122. The van der Waals surface area contributed by atoms with Gasteiger partial charge in [-0.05, 0) is 25.1 Å². The Bertz CT molecular complexity index is 851. The van der Waals surface area contributed by atoms with Crippen LogP contribution in [0.25, 0.3) is 0 Å². The zero-order valence-corrected chi connectivity index (χ0v) is 16.6. The first-order valence-electron chi connectivity index (χ1n) is 8.96. The molecule has 0 bridgehead atoms. The SMILES string of the molecule is COCCNC(=O)N1CCN(S(=O)(=O)c2ccc3c(c2)NC(=O)[C@@H](C)O3)CC1. The Hall–Kier alpha value is -2.37. The van der Waals surface area contributed by atoms with Crippen LogP contribution in [0.3, 0.4) is 0 Å². The van der Waals surface area contributed by atoms with Crippen LogP contribution in [0.2, 0.25) is 0 Å². The molecule has 11 heteroatoms. The lowest BCUT2D eigenvalue weighted by atomic mass is 10.2. The van der Waals surface area contributed by atoms with Crippen LogP contribution < -0.4 is 15.4 Å². The molecule has 1 atom stereocenters. The molecule has 2 aliphatic heterocycles. The van der Waals surface area contributed by atoms with Gasteiger partial charge in [-0.3, -0.25) is 4.79 Å². The number of anilines is 1. The van der Waals surface area contributed by atoms with Gasteiger partial charge in [0, 0.05) is 39.8 Å². The number of sulfonamides is 1. The fourth-order valence-electron chi connectivity index (χ4n) is 3.00. The van der Waals surface area contributed by atoms with Crippen LogP contribution in [0.15, 0.2) is 23.1 Å². The zero-order chi connectivity index (χ0) is 20.3. The Kier molecular flexibility index (Phi) is 6.06. The van der Waals surface area contributed by atoms with Crippen molar-refractivity contribution in [1.82, 2.24) is 14.5 Å². The molecule has 0 aliphatic carbocycles. The van der Waals surface area contributed by atoms with E-state index in [0.29, 0.717) is 37.7 Å². The number of carbonyl (C=O) groups is 2. The van der Waals surface area contributed by atoms with E-state index in [2.05, 4.69) is 10.6 Å². The van der Waals surface area contributed by atoms with E-state index in [1.807, 2.05) is 0 Å². The molecule has 3 rings (SSSR count). The number of carbonyl (C=O) groups excluding carboxylic acids is 2. The van der Waals surface area contributed by atoms with E-state index in [1.54, 1.807) is 18.9 Å². The Morgan fingerprint density at radius 3 is 2.71 bits per heavy atom. The predicted octanol–water partition coefficient (Wildman–Crippen LogP) is 0.0683. The van der Waals surface area contributed by atoms with Gasteiger partial charge >= 0.3 is 6.03 Å². The number of nitrogens with zero attached hydrogens (tertiary/aromatic N) is 2. The predicted molar refractivity (Wildman–Crippen MR) is 101 cm³/mol. The Labute approximate surface area is 163 Å². The number of nitrogens with one attached hydrogen (secondary N) is 2. The van der Waals surface area contributed by atoms with Crippen molar-refractivity contribution >= 4 is 27.6 Å². The van der Waals surface area contributed by atoms with Crippen molar-refractivity contribution in [2.45, 2.75) is 17.9 Å². The highest BCUT2D eigenvalue weighted by Gasteiger charge is 2.32. The maximum Gasteiger partial charge on any atom is 0.317 e. The van der Waals surface area contributed by atoms with Crippen molar-refractivity contribution in [2.24, 2.45) is 0 Å². The van der Waals surface area contributed by atoms with Crippen LogP contribution in [-0.2, 0) is 19.6 Å². The summed E-state index contributed by atoms with van der Waals surface area (Å²) in [5, 5.41) is 5.37. The summed E-state index contributed by atoms with van der Waals surface area (Å²) < 4.78 is 37.6. The second kappa shape index (κ2) is 8.33. The number of rotatable bonds is 5. The number of fused-ring (bicyclic) bond motifs is 1. The molecule has 1 aromatic carbocycles. The summed E-state index contributed by atoms with van der Waals surface area (Å²) in [5.41, 5.74) is 0.334. The number of amides is 3. The summed E-state index contributed by atoms with van der Waals surface area (Å²) in [7, 11) is -2.20. The van der Waals surface area contributed by atoms with E-state index in [-0.39, 0.29) is 29.9 Å². The van der Waals surface area contributed by atoms with Gasteiger partial charge in [0.05, 0.1) is 17.2 Å². The molecule has 0 radical (unpaired) electrons. The highest BCUT2D eigenvalue weighted by molar-refractivity contribution is 7.89. The van der Waals surface area contributed by atoms with E-state index in [4.69, 9.17) is 9.47 Å². The molecule has 0 spiro atoms. The maximum absolute atomic E-state index is 12.9. The maximum atomic E-state index is 12.9. The number of hydrogen-bond donors (Lipinski definition) is 2. The molecule has 2 N–H and O–H groups in total. The molecule has 3 amide bonds. The fraction of sp³-hybridized carbons (Fsp3) is 0.529. The van der Waals surface area contributed by atoms with Gasteiger partial charge in [-0.15, -0.1) is 0 Å². The molecule has 10 nitrogen and oxygen atoms in total. The van der Waals surface area contributed by atoms with Gasteiger partial charge in [-0.25, -0.2) is 13.2 Å². The van der Waals surface area contributed by atoms with E-state index in [0.717, 1.165) is 0 Å². The third kappa shape index (κ3) is 4.21. The van der Waals surface area contributed by atoms with E-state index >= 15 is 0 Å². The molecule has 0 saturated carbocycles. The van der Waals surface area contributed by atoms with Gasteiger partial charge in [0.2, 0.25) is 10.0 Å². The first-order valence-corrected chi connectivity index (χ1v) is 10.4. The lowest BCUT2D eigenvalue weighted by Crippen LogP contribution is -2.53. The number of urea groups is 1. The van der Waals surface area contributed by atoms with Crippen LogP contribution in [0.5, 0.6) is 5.75 Å².